The fourth-order valence-corrected chi connectivity index (χ4v) is 3.89. The largest absolute Gasteiger partial charge is 0.328 e. The molecule has 0 bridgehead atoms. The van der Waals surface area contributed by atoms with Crippen LogP contribution in [0.3, 0.4) is 0 Å². The first-order chi connectivity index (χ1) is 11.9. The molecule has 0 atom stereocenters. The minimum Gasteiger partial charge on any atom is -0.328 e. The molecule has 131 valence electrons. The second-order valence-corrected chi connectivity index (χ2v) is 7.11. The summed E-state index contributed by atoms with van der Waals surface area (Å²) in [4.78, 5) is 0. The molecule has 1 aliphatic carbocycles. The predicted molar refractivity (Wildman–Crippen MR) is 108 cm³/mol. The zero-order valence-electron chi connectivity index (χ0n) is 17.0. The van der Waals surface area contributed by atoms with Crippen molar-refractivity contribution in [3.8, 4) is 0 Å². The Bertz CT molecular complexity index is 817. The Morgan fingerprint density at radius 1 is 0.786 bits per heavy atom. The van der Waals surface area contributed by atoms with Gasteiger partial charge in [-0.2, -0.15) is 48.7 Å². The standard InChI is InChI=1S/C24H24.Ra.Rb.2Y/c1-3-7-19(8-4-1)15-21-11-13-24-18-22(12-14-23(24)17-21)16-20-9-5-2-6-10-20;;;;/h1,5-6,9-14,17-19H,3-4,7-8,15-16H2;;;;/q-2;;;;. The molecule has 0 spiro atoms. The number of benzene rings is 3. The summed E-state index contributed by atoms with van der Waals surface area (Å²) in [7, 11) is 0. The van der Waals surface area contributed by atoms with Crippen LogP contribution in [0.25, 0.3) is 10.8 Å². The summed E-state index contributed by atoms with van der Waals surface area (Å²) < 4.78 is 0. The smallest absolute Gasteiger partial charge is 0 e. The molecule has 0 heterocycles. The summed E-state index contributed by atoms with van der Waals surface area (Å²) in [6.45, 7) is 0. The van der Waals surface area contributed by atoms with Crippen molar-refractivity contribution < 1.29 is 110 Å². The van der Waals surface area contributed by atoms with Crippen LogP contribution in [-0.4, -0.2) is 58.2 Å². The van der Waals surface area contributed by atoms with Crippen molar-refractivity contribution >= 4 is 69.0 Å². The minimum absolute atomic E-state index is 0. The maximum absolute atomic E-state index is 3.09. The van der Waals surface area contributed by atoms with Crippen molar-refractivity contribution in [2.24, 2.45) is 5.92 Å². The van der Waals surface area contributed by atoms with Crippen LogP contribution in [0.2, 0.25) is 0 Å². The van der Waals surface area contributed by atoms with Gasteiger partial charge < -0.3 is 6.42 Å². The van der Waals surface area contributed by atoms with Gasteiger partial charge in [-0.05, 0) is 40.7 Å². The van der Waals surface area contributed by atoms with Gasteiger partial charge in [-0.25, -0.2) is 0 Å². The van der Waals surface area contributed by atoms with E-state index in [0.29, 0.717) is 0 Å². The van der Waals surface area contributed by atoms with Gasteiger partial charge in [0.1, 0.15) is 0 Å². The van der Waals surface area contributed by atoms with Crippen molar-refractivity contribution in [3.05, 3.63) is 89.8 Å². The Hall–Kier alpha value is 3.40. The number of fused-ring (bicyclic) bond motifs is 1. The van der Waals surface area contributed by atoms with Crippen LogP contribution in [0.15, 0.2) is 60.7 Å². The Labute approximate surface area is 306 Å². The van der Waals surface area contributed by atoms with E-state index in [1.165, 1.54) is 59.6 Å². The number of hydrogen-bond acceptors (Lipinski definition) is 0. The maximum Gasteiger partial charge on any atom is 0 e. The Morgan fingerprint density at radius 2 is 1.36 bits per heavy atom. The second kappa shape index (κ2) is 16.9. The average Bonchev–Trinajstić information content (AvgIpc) is 2.64. The predicted octanol–water partition coefficient (Wildman–Crippen LogP) is 5.78. The monoisotopic (exact) mass is 801 g/mol. The second-order valence-electron chi connectivity index (χ2n) is 7.11. The third-order valence-corrected chi connectivity index (χ3v) is 5.25. The van der Waals surface area contributed by atoms with E-state index in [0.717, 1.165) is 12.3 Å². The molecule has 1 fully saturated rings. The van der Waals surface area contributed by atoms with Crippen LogP contribution in [0.5, 0.6) is 0 Å². The summed E-state index contributed by atoms with van der Waals surface area (Å²) in [5.74, 6) is 0.876. The van der Waals surface area contributed by atoms with Gasteiger partial charge in [-0.15, -0.1) is 0 Å². The van der Waals surface area contributed by atoms with Gasteiger partial charge in [0.15, 0.2) is 0 Å². The molecule has 0 aromatic heterocycles. The quantitative estimate of drug-likeness (QED) is 0.294. The molecular weight excluding hydrogens is 778 g/mol. The molecule has 0 aliphatic heterocycles. The number of rotatable bonds is 4. The molecule has 3 aromatic carbocycles. The SMILES string of the molecule is [Ra].[Rb].[Y].[Y].[c-]1ccc(Cc2ccc3cc(CC4CC[CH-]CC4)ccc3c2)cc1. The molecule has 5 radical (unpaired) electrons. The molecule has 3 aromatic rings. The van der Waals surface area contributed by atoms with Crippen LogP contribution in [0.1, 0.15) is 42.4 Å². The zero-order chi connectivity index (χ0) is 16.2. The maximum atomic E-state index is 3.09. The van der Waals surface area contributed by atoms with E-state index >= 15 is 0 Å². The summed E-state index contributed by atoms with van der Waals surface area (Å²) in [6, 6.07) is 25.3. The first-order valence-corrected chi connectivity index (χ1v) is 9.15. The zero-order valence-corrected chi connectivity index (χ0v) is 33.4. The van der Waals surface area contributed by atoms with E-state index < -0.39 is 0 Å². The average molecular weight is 802 g/mol. The van der Waals surface area contributed by atoms with Gasteiger partial charge in [0, 0.05) is 169 Å². The minimum atomic E-state index is 0. The Balaban J connectivity index is 0.00000182. The van der Waals surface area contributed by atoms with Crippen molar-refractivity contribution in [2.45, 2.75) is 38.5 Å². The van der Waals surface area contributed by atoms with Crippen molar-refractivity contribution in [3.63, 3.8) is 0 Å². The van der Waals surface area contributed by atoms with E-state index in [1.54, 1.807) is 0 Å². The Morgan fingerprint density at radius 3 is 2.00 bits per heavy atom. The van der Waals surface area contributed by atoms with Gasteiger partial charge in [0.05, 0.1) is 0 Å². The fourth-order valence-electron chi connectivity index (χ4n) is 3.89. The summed E-state index contributed by atoms with van der Waals surface area (Å²) in [5, 5.41) is 2.73. The summed E-state index contributed by atoms with van der Waals surface area (Å²) in [6.07, 6.45) is 10.0. The van der Waals surface area contributed by atoms with Crippen LogP contribution < -0.4 is 0 Å². The molecule has 4 heteroatoms. The van der Waals surface area contributed by atoms with Crippen molar-refractivity contribution in [2.75, 3.05) is 0 Å². The summed E-state index contributed by atoms with van der Waals surface area (Å²) >= 11 is 0. The first kappa shape index (κ1) is 31.4. The Kier molecular flexibility index (Phi) is 19.0. The van der Waals surface area contributed by atoms with Crippen molar-refractivity contribution in [1.82, 2.24) is 0 Å². The van der Waals surface area contributed by atoms with E-state index in [2.05, 4.69) is 61.0 Å². The van der Waals surface area contributed by atoms with Crippen LogP contribution in [0.4, 0.5) is 0 Å². The summed E-state index contributed by atoms with van der Waals surface area (Å²) in [5.41, 5.74) is 4.23. The fraction of sp³-hybridized carbons (Fsp3) is 0.292. The van der Waals surface area contributed by atoms with Gasteiger partial charge in [0.2, 0.25) is 0 Å². The third-order valence-electron chi connectivity index (χ3n) is 5.25. The van der Waals surface area contributed by atoms with Gasteiger partial charge >= 0.3 is 0 Å². The van der Waals surface area contributed by atoms with E-state index in [4.69, 9.17) is 0 Å². The molecule has 1 saturated carbocycles. The molecule has 0 nitrogen and oxygen atoms in total. The molecule has 0 N–H and O–H groups in total. The van der Waals surface area contributed by atoms with E-state index in [1.807, 2.05) is 12.1 Å². The van der Waals surface area contributed by atoms with Crippen LogP contribution in [0, 0.1) is 63.4 Å². The van der Waals surface area contributed by atoms with Crippen LogP contribution >= 0.6 is 0 Å². The van der Waals surface area contributed by atoms with Crippen molar-refractivity contribution in [1.29, 1.82) is 0 Å². The first-order valence-electron chi connectivity index (χ1n) is 9.15. The normalized spacial score (nSPS) is 13.4. The molecule has 4 rings (SSSR count). The van der Waals surface area contributed by atoms with Gasteiger partial charge in [-0.3, -0.25) is 0 Å². The molecule has 0 amide bonds. The van der Waals surface area contributed by atoms with Crippen LogP contribution in [-0.2, 0) is 78.3 Å². The number of hydrogen-bond donors (Lipinski definition) is 0. The topological polar surface area (TPSA) is 0 Å². The van der Waals surface area contributed by atoms with E-state index in [9.17, 15) is 0 Å². The van der Waals surface area contributed by atoms with E-state index in [-0.39, 0.29) is 169 Å². The van der Waals surface area contributed by atoms with Gasteiger partial charge in [-0.1, -0.05) is 49.2 Å². The third kappa shape index (κ3) is 9.72. The molecule has 28 heavy (non-hydrogen) atoms. The molecule has 0 saturated heterocycles. The molecular formula is C24H24RaRbY2-2. The molecule has 0 unspecified atom stereocenters. The van der Waals surface area contributed by atoms with Gasteiger partial charge in [0.25, 0.3) is 0 Å². The molecule has 1 aliphatic rings.